The van der Waals surface area contributed by atoms with Crippen LogP contribution in [0.1, 0.15) is 30.9 Å². The number of rotatable bonds is 6. The quantitative estimate of drug-likeness (QED) is 0.772. The van der Waals surface area contributed by atoms with Crippen molar-refractivity contribution in [3.8, 4) is 0 Å². The largest absolute Gasteiger partial charge is 0.361 e. The van der Waals surface area contributed by atoms with Crippen molar-refractivity contribution < 1.29 is 4.52 Å². The summed E-state index contributed by atoms with van der Waals surface area (Å²) in [4.78, 5) is 0. The molecule has 1 unspecified atom stereocenters. The van der Waals surface area contributed by atoms with Crippen LogP contribution in [0.15, 0.2) is 4.52 Å². The van der Waals surface area contributed by atoms with Gasteiger partial charge in [0, 0.05) is 12.1 Å². The zero-order valence-corrected chi connectivity index (χ0v) is 10.7. The lowest BCUT2D eigenvalue weighted by atomic mass is 9.96. The molecule has 3 N–H and O–H groups in total. The van der Waals surface area contributed by atoms with Gasteiger partial charge in [-0.2, -0.15) is 0 Å². The van der Waals surface area contributed by atoms with E-state index in [1.165, 1.54) is 5.56 Å². The van der Waals surface area contributed by atoms with Gasteiger partial charge in [-0.3, -0.25) is 0 Å². The molecule has 0 radical (unpaired) electrons. The fourth-order valence-corrected chi connectivity index (χ4v) is 1.73. The number of aromatic nitrogens is 1. The lowest BCUT2D eigenvalue weighted by Gasteiger charge is -2.19. The Hall–Kier alpha value is -0.870. The Balaban J connectivity index is 2.41. The maximum Gasteiger partial charge on any atom is 0.138 e. The average molecular weight is 225 g/mol. The first-order valence-electron chi connectivity index (χ1n) is 5.88. The van der Waals surface area contributed by atoms with E-state index in [0.29, 0.717) is 11.8 Å². The number of aryl methyl sites for hydroxylation is 2. The minimum absolute atomic E-state index is 0.528. The van der Waals surface area contributed by atoms with Crippen LogP contribution in [0.4, 0.5) is 0 Å². The van der Waals surface area contributed by atoms with Gasteiger partial charge in [0.05, 0.1) is 5.69 Å². The Morgan fingerprint density at radius 3 is 2.50 bits per heavy atom. The van der Waals surface area contributed by atoms with E-state index in [9.17, 15) is 0 Å². The van der Waals surface area contributed by atoms with Crippen LogP contribution in [0.25, 0.3) is 0 Å². The van der Waals surface area contributed by atoms with Crippen molar-refractivity contribution in [3.63, 3.8) is 0 Å². The molecule has 0 saturated carbocycles. The smallest absolute Gasteiger partial charge is 0.138 e. The monoisotopic (exact) mass is 225 g/mol. The highest BCUT2D eigenvalue weighted by Crippen LogP contribution is 2.12. The van der Waals surface area contributed by atoms with Crippen LogP contribution in [0.5, 0.6) is 0 Å². The van der Waals surface area contributed by atoms with Gasteiger partial charge in [-0.1, -0.05) is 19.0 Å². The Morgan fingerprint density at radius 1 is 1.38 bits per heavy atom. The second kappa shape index (κ2) is 6.01. The van der Waals surface area contributed by atoms with Crippen molar-refractivity contribution in [2.45, 2.75) is 34.2 Å². The van der Waals surface area contributed by atoms with Crippen molar-refractivity contribution in [2.24, 2.45) is 17.6 Å². The second-order valence-electron chi connectivity index (χ2n) is 4.67. The maximum atomic E-state index is 5.72. The van der Waals surface area contributed by atoms with Gasteiger partial charge < -0.3 is 15.6 Å². The van der Waals surface area contributed by atoms with Gasteiger partial charge in [-0.15, -0.1) is 0 Å². The second-order valence-corrected chi connectivity index (χ2v) is 4.67. The molecule has 0 aliphatic heterocycles. The van der Waals surface area contributed by atoms with Crippen LogP contribution in [0, 0.1) is 25.7 Å². The highest BCUT2D eigenvalue weighted by molar-refractivity contribution is 5.20. The first-order chi connectivity index (χ1) is 7.56. The highest BCUT2D eigenvalue weighted by atomic mass is 16.5. The van der Waals surface area contributed by atoms with Gasteiger partial charge in [0.1, 0.15) is 5.76 Å². The third-order valence-corrected chi connectivity index (χ3v) is 3.14. The summed E-state index contributed by atoms with van der Waals surface area (Å²) in [6.45, 7) is 10.8. The van der Waals surface area contributed by atoms with Crippen LogP contribution in [-0.4, -0.2) is 18.2 Å². The molecule has 0 saturated heterocycles. The molecule has 1 aromatic rings. The Bertz CT molecular complexity index is 301. The molecule has 0 aromatic carbocycles. The summed E-state index contributed by atoms with van der Waals surface area (Å²) in [6.07, 6.45) is 0. The van der Waals surface area contributed by atoms with Gasteiger partial charge in [0.15, 0.2) is 0 Å². The van der Waals surface area contributed by atoms with Crippen molar-refractivity contribution in [2.75, 3.05) is 13.1 Å². The summed E-state index contributed by atoms with van der Waals surface area (Å²) in [7, 11) is 0. The fourth-order valence-electron chi connectivity index (χ4n) is 1.73. The predicted molar refractivity (Wildman–Crippen MR) is 65.1 cm³/mol. The van der Waals surface area contributed by atoms with E-state index in [0.717, 1.165) is 31.1 Å². The molecule has 92 valence electrons. The first-order valence-corrected chi connectivity index (χ1v) is 5.88. The van der Waals surface area contributed by atoms with E-state index in [2.05, 4.69) is 24.3 Å². The van der Waals surface area contributed by atoms with E-state index >= 15 is 0 Å². The van der Waals surface area contributed by atoms with E-state index in [-0.39, 0.29) is 0 Å². The summed E-state index contributed by atoms with van der Waals surface area (Å²) in [6, 6.07) is 0. The number of hydrogen-bond donors (Lipinski definition) is 2. The van der Waals surface area contributed by atoms with Gasteiger partial charge in [0.25, 0.3) is 0 Å². The number of hydrogen-bond acceptors (Lipinski definition) is 4. The van der Waals surface area contributed by atoms with E-state index < -0.39 is 0 Å². The van der Waals surface area contributed by atoms with Gasteiger partial charge >= 0.3 is 0 Å². The summed E-state index contributed by atoms with van der Waals surface area (Å²) in [5, 5.41) is 7.35. The first kappa shape index (κ1) is 13.2. The average Bonchev–Trinajstić information content (AvgIpc) is 2.54. The molecule has 0 spiro atoms. The zero-order valence-electron chi connectivity index (χ0n) is 10.7. The summed E-state index contributed by atoms with van der Waals surface area (Å²) < 4.78 is 5.11. The zero-order chi connectivity index (χ0) is 12.1. The van der Waals surface area contributed by atoms with Gasteiger partial charge in [0.2, 0.25) is 0 Å². The molecule has 1 heterocycles. The lowest BCUT2D eigenvalue weighted by molar-refractivity contribution is 0.369. The van der Waals surface area contributed by atoms with Crippen LogP contribution in [0.3, 0.4) is 0 Å². The molecule has 0 aliphatic carbocycles. The summed E-state index contributed by atoms with van der Waals surface area (Å²) >= 11 is 0. The standard InChI is InChI=1S/C12H23N3O/c1-8(2)11(5-13)6-14-7-12-9(3)15-16-10(12)4/h8,11,14H,5-7,13H2,1-4H3. The molecular weight excluding hydrogens is 202 g/mol. The molecule has 0 bridgehead atoms. The maximum absolute atomic E-state index is 5.72. The van der Waals surface area contributed by atoms with Gasteiger partial charge in [-0.25, -0.2) is 0 Å². The van der Waals surface area contributed by atoms with Gasteiger partial charge in [-0.05, 0) is 38.8 Å². The molecule has 1 atom stereocenters. The van der Waals surface area contributed by atoms with Crippen molar-refractivity contribution >= 4 is 0 Å². The van der Waals surface area contributed by atoms with Crippen LogP contribution in [0.2, 0.25) is 0 Å². The molecule has 1 aromatic heterocycles. The molecule has 0 aliphatic rings. The minimum atomic E-state index is 0.528. The van der Waals surface area contributed by atoms with Crippen molar-refractivity contribution in [1.82, 2.24) is 10.5 Å². The Labute approximate surface area is 97.6 Å². The molecule has 4 heteroatoms. The lowest BCUT2D eigenvalue weighted by Crippen LogP contribution is -2.31. The van der Waals surface area contributed by atoms with E-state index in [1.807, 2.05) is 13.8 Å². The third-order valence-electron chi connectivity index (χ3n) is 3.14. The topological polar surface area (TPSA) is 64.1 Å². The molecular formula is C12H23N3O. The number of nitrogens with two attached hydrogens (primary N) is 1. The molecule has 16 heavy (non-hydrogen) atoms. The Kier molecular flexibility index (Phi) is 4.96. The molecule has 0 amide bonds. The van der Waals surface area contributed by atoms with Crippen LogP contribution < -0.4 is 11.1 Å². The normalized spacial score (nSPS) is 13.4. The van der Waals surface area contributed by atoms with Crippen molar-refractivity contribution in [3.05, 3.63) is 17.0 Å². The summed E-state index contributed by atoms with van der Waals surface area (Å²) in [5.74, 6) is 2.04. The summed E-state index contributed by atoms with van der Waals surface area (Å²) in [5.41, 5.74) is 7.86. The SMILES string of the molecule is Cc1noc(C)c1CNCC(CN)C(C)C. The minimum Gasteiger partial charge on any atom is -0.361 e. The third kappa shape index (κ3) is 3.32. The number of nitrogens with one attached hydrogen (secondary N) is 1. The molecule has 1 rings (SSSR count). The highest BCUT2D eigenvalue weighted by Gasteiger charge is 2.12. The number of nitrogens with zero attached hydrogens (tertiary/aromatic N) is 1. The fraction of sp³-hybridized carbons (Fsp3) is 0.750. The predicted octanol–water partition coefficient (Wildman–Crippen LogP) is 1.61. The van der Waals surface area contributed by atoms with E-state index in [1.54, 1.807) is 0 Å². The Morgan fingerprint density at radius 2 is 2.06 bits per heavy atom. The molecule has 4 nitrogen and oxygen atoms in total. The van der Waals surface area contributed by atoms with E-state index in [4.69, 9.17) is 10.3 Å². The van der Waals surface area contributed by atoms with Crippen molar-refractivity contribution in [1.29, 1.82) is 0 Å². The van der Waals surface area contributed by atoms with Crippen LogP contribution >= 0.6 is 0 Å². The van der Waals surface area contributed by atoms with Crippen LogP contribution in [-0.2, 0) is 6.54 Å². The molecule has 0 fully saturated rings.